The second-order valence-electron chi connectivity index (χ2n) is 4.21. The van der Waals surface area contributed by atoms with Crippen LogP contribution in [-0.4, -0.2) is 10.7 Å². The molecule has 1 aromatic carbocycles. The molecule has 0 saturated heterocycles. The number of benzene rings is 1. The smallest absolute Gasteiger partial charge is 0.323 e. The number of hydrogen-bond donors (Lipinski definition) is 1. The number of pyridine rings is 1. The van der Waals surface area contributed by atoms with E-state index in [4.69, 9.17) is 5.73 Å². The molecule has 2 rings (SSSR count). The zero-order chi connectivity index (χ0) is 14.6. The number of rotatable bonds is 4. The molecule has 1 atom stereocenters. The van der Waals surface area contributed by atoms with E-state index in [9.17, 15) is 13.2 Å². The molecule has 0 radical (unpaired) electrons. The normalized spacial score (nSPS) is 13.2. The Hall–Kier alpha value is -1.53. The van der Waals surface area contributed by atoms with Gasteiger partial charge in [-0.1, -0.05) is 18.2 Å². The van der Waals surface area contributed by atoms with Gasteiger partial charge in [-0.15, -0.1) is 11.8 Å². The molecule has 0 bridgehead atoms. The van der Waals surface area contributed by atoms with Crippen LogP contribution in [0, 0.1) is 0 Å². The number of halogens is 3. The van der Waals surface area contributed by atoms with Crippen molar-refractivity contribution < 1.29 is 13.2 Å². The van der Waals surface area contributed by atoms with Gasteiger partial charge in [0.25, 0.3) is 0 Å². The topological polar surface area (TPSA) is 38.9 Å². The summed E-state index contributed by atoms with van der Waals surface area (Å²) in [5, 5.41) is 0.842. The first-order valence-electron chi connectivity index (χ1n) is 5.93. The lowest BCUT2D eigenvalue weighted by Crippen LogP contribution is -2.13. The first-order chi connectivity index (χ1) is 9.47. The zero-order valence-electron chi connectivity index (χ0n) is 10.5. The molecule has 1 unspecified atom stereocenters. The fraction of sp³-hybridized carbons (Fsp3) is 0.214. The molecule has 20 heavy (non-hydrogen) atoms. The minimum atomic E-state index is -4.31. The van der Waals surface area contributed by atoms with Gasteiger partial charge < -0.3 is 5.73 Å². The molecule has 0 aliphatic carbocycles. The number of hydrogen-bond acceptors (Lipinski definition) is 3. The Morgan fingerprint density at radius 3 is 2.35 bits per heavy atom. The lowest BCUT2D eigenvalue weighted by Gasteiger charge is -2.13. The maximum Gasteiger partial charge on any atom is 0.416 e. The van der Waals surface area contributed by atoms with Gasteiger partial charge in [0.1, 0.15) is 0 Å². The van der Waals surface area contributed by atoms with Crippen LogP contribution in [0.4, 0.5) is 13.2 Å². The first-order valence-corrected chi connectivity index (χ1v) is 6.92. The van der Waals surface area contributed by atoms with Crippen LogP contribution in [0.5, 0.6) is 0 Å². The molecule has 0 aliphatic rings. The molecule has 0 spiro atoms. The molecule has 2 nitrogen and oxygen atoms in total. The highest BCUT2D eigenvalue weighted by Crippen LogP contribution is 2.30. The maximum absolute atomic E-state index is 12.4. The summed E-state index contributed by atoms with van der Waals surface area (Å²) in [5.41, 5.74) is 5.99. The lowest BCUT2D eigenvalue weighted by molar-refractivity contribution is -0.137. The summed E-state index contributed by atoms with van der Waals surface area (Å²) < 4.78 is 37.3. The van der Waals surface area contributed by atoms with E-state index in [0.29, 0.717) is 11.3 Å². The summed E-state index contributed by atoms with van der Waals surface area (Å²) in [6, 6.07) is 10.2. The summed E-state index contributed by atoms with van der Waals surface area (Å²) in [5.74, 6) is 0.558. The summed E-state index contributed by atoms with van der Waals surface area (Å²) in [4.78, 5) is 4.15. The molecule has 2 aromatic rings. The molecular weight excluding hydrogens is 285 g/mol. The highest BCUT2D eigenvalue weighted by atomic mass is 32.2. The second-order valence-corrected chi connectivity index (χ2v) is 5.25. The quantitative estimate of drug-likeness (QED) is 0.870. The van der Waals surface area contributed by atoms with Crippen LogP contribution in [0.25, 0.3) is 0 Å². The largest absolute Gasteiger partial charge is 0.416 e. The van der Waals surface area contributed by atoms with Crippen molar-refractivity contribution in [3.05, 3.63) is 59.8 Å². The third-order valence-corrected chi connectivity index (χ3v) is 3.78. The summed E-state index contributed by atoms with van der Waals surface area (Å²) in [6.45, 7) is 0. The van der Waals surface area contributed by atoms with Crippen molar-refractivity contribution in [2.75, 3.05) is 5.75 Å². The third kappa shape index (κ3) is 3.98. The fourth-order valence-corrected chi connectivity index (χ4v) is 2.48. The lowest BCUT2D eigenvalue weighted by atomic mass is 10.1. The molecule has 0 saturated carbocycles. The molecule has 0 amide bonds. The Bertz CT molecular complexity index is 541. The van der Waals surface area contributed by atoms with Gasteiger partial charge in [-0.05, 0) is 29.8 Å². The highest BCUT2D eigenvalue weighted by molar-refractivity contribution is 7.99. The fourth-order valence-electron chi connectivity index (χ4n) is 1.62. The van der Waals surface area contributed by atoms with E-state index in [-0.39, 0.29) is 6.04 Å². The van der Waals surface area contributed by atoms with E-state index in [0.717, 1.165) is 17.2 Å². The van der Waals surface area contributed by atoms with E-state index < -0.39 is 11.7 Å². The van der Waals surface area contributed by atoms with Gasteiger partial charge in [0, 0.05) is 18.0 Å². The number of alkyl halides is 3. The van der Waals surface area contributed by atoms with Crippen molar-refractivity contribution in [2.24, 2.45) is 5.73 Å². The SMILES string of the molecule is NC(CSc1ccccn1)c1ccc(C(F)(F)F)cc1. The summed E-state index contributed by atoms with van der Waals surface area (Å²) >= 11 is 1.47. The van der Waals surface area contributed by atoms with Crippen molar-refractivity contribution in [2.45, 2.75) is 17.2 Å². The van der Waals surface area contributed by atoms with Gasteiger partial charge in [-0.25, -0.2) is 4.98 Å². The van der Waals surface area contributed by atoms with Crippen LogP contribution in [0.3, 0.4) is 0 Å². The molecular formula is C14H13F3N2S. The molecule has 1 heterocycles. The number of nitrogens with zero attached hydrogens (tertiary/aromatic N) is 1. The molecule has 106 valence electrons. The molecule has 0 fully saturated rings. The predicted molar refractivity (Wildman–Crippen MR) is 73.3 cm³/mol. The van der Waals surface area contributed by atoms with Gasteiger partial charge in [-0.2, -0.15) is 13.2 Å². The van der Waals surface area contributed by atoms with E-state index in [2.05, 4.69) is 4.98 Å². The maximum atomic E-state index is 12.4. The van der Waals surface area contributed by atoms with Crippen LogP contribution >= 0.6 is 11.8 Å². The summed E-state index contributed by atoms with van der Waals surface area (Å²) in [6.07, 6.45) is -2.63. The Labute approximate surface area is 119 Å². The second kappa shape index (κ2) is 6.28. The van der Waals surface area contributed by atoms with E-state index in [1.165, 1.54) is 23.9 Å². The number of aromatic nitrogens is 1. The first kappa shape index (κ1) is 14.9. The number of nitrogens with two attached hydrogens (primary N) is 1. The van der Waals surface area contributed by atoms with E-state index >= 15 is 0 Å². The standard InChI is InChI=1S/C14H13F3N2S/c15-14(16,17)11-6-4-10(5-7-11)12(18)9-20-13-3-1-2-8-19-13/h1-8,12H,9,18H2. The van der Waals surface area contributed by atoms with Crippen molar-refractivity contribution in [1.29, 1.82) is 0 Å². The van der Waals surface area contributed by atoms with Crippen LogP contribution < -0.4 is 5.73 Å². The molecule has 6 heteroatoms. The van der Waals surface area contributed by atoms with Crippen LogP contribution in [0.1, 0.15) is 17.2 Å². The highest BCUT2D eigenvalue weighted by Gasteiger charge is 2.30. The minimum absolute atomic E-state index is 0.329. The van der Waals surface area contributed by atoms with E-state index in [1.807, 2.05) is 18.2 Å². The molecule has 2 N–H and O–H groups in total. The van der Waals surface area contributed by atoms with Crippen LogP contribution in [0.15, 0.2) is 53.7 Å². The van der Waals surface area contributed by atoms with Gasteiger partial charge in [0.15, 0.2) is 0 Å². The minimum Gasteiger partial charge on any atom is -0.323 e. The zero-order valence-corrected chi connectivity index (χ0v) is 11.3. The van der Waals surface area contributed by atoms with Gasteiger partial charge in [-0.3, -0.25) is 0 Å². The van der Waals surface area contributed by atoms with Crippen molar-refractivity contribution in [3.63, 3.8) is 0 Å². The average Bonchev–Trinajstić information content (AvgIpc) is 2.45. The Morgan fingerprint density at radius 2 is 1.80 bits per heavy atom. The Balaban J connectivity index is 1.97. The van der Waals surface area contributed by atoms with Crippen molar-refractivity contribution in [1.82, 2.24) is 4.98 Å². The van der Waals surface area contributed by atoms with Crippen LogP contribution in [-0.2, 0) is 6.18 Å². The number of thioether (sulfide) groups is 1. The summed E-state index contributed by atoms with van der Waals surface area (Å²) in [7, 11) is 0. The van der Waals surface area contributed by atoms with Gasteiger partial charge in [0.2, 0.25) is 0 Å². The van der Waals surface area contributed by atoms with Crippen molar-refractivity contribution in [3.8, 4) is 0 Å². The predicted octanol–water partition coefficient (Wildman–Crippen LogP) is 3.89. The average molecular weight is 298 g/mol. The molecule has 1 aromatic heterocycles. The van der Waals surface area contributed by atoms with E-state index in [1.54, 1.807) is 6.20 Å². The van der Waals surface area contributed by atoms with Crippen molar-refractivity contribution >= 4 is 11.8 Å². The molecule has 0 aliphatic heterocycles. The Morgan fingerprint density at radius 1 is 1.10 bits per heavy atom. The van der Waals surface area contributed by atoms with Gasteiger partial charge >= 0.3 is 6.18 Å². The van der Waals surface area contributed by atoms with Gasteiger partial charge in [0.05, 0.1) is 10.6 Å². The Kier molecular flexibility index (Phi) is 4.67. The van der Waals surface area contributed by atoms with Crippen LogP contribution in [0.2, 0.25) is 0 Å². The third-order valence-electron chi connectivity index (χ3n) is 2.71. The monoisotopic (exact) mass is 298 g/mol.